The van der Waals surface area contributed by atoms with Gasteiger partial charge < -0.3 is 11.1 Å². The van der Waals surface area contributed by atoms with Crippen LogP contribution in [0.5, 0.6) is 0 Å². The van der Waals surface area contributed by atoms with Crippen molar-refractivity contribution in [2.45, 2.75) is 32.4 Å². The summed E-state index contributed by atoms with van der Waals surface area (Å²) in [6.45, 7) is 3.93. The van der Waals surface area contributed by atoms with Crippen LogP contribution < -0.4 is 11.1 Å². The van der Waals surface area contributed by atoms with E-state index in [2.05, 4.69) is 5.32 Å². The maximum absolute atomic E-state index is 11.8. The van der Waals surface area contributed by atoms with Crippen molar-refractivity contribution in [2.24, 2.45) is 5.73 Å². The average molecular weight is 204 g/mol. The Labute approximate surface area is 89.7 Å². The molecule has 0 aliphatic heterocycles. The zero-order chi connectivity index (χ0) is 11.0. The summed E-state index contributed by atoms with van der Waals surface area (Å²) in [5.41, 5.74) is 8.51. The lowest BCUT2D eigenvalue weighted by Gasteiger charge is -2.07. The molecule has 15 heavy (non-hydrogen) atoms. The molecule has 1 aromatic rings. The van der Waals surface area contributed by atoms with E-state index in [1.807, 2.05) is 32.0 Å². The molecule has 1 aliphatic rings. The van der Waals surface area contributed by atoms with Gasteiger partial charge in [0.25, 0.3) is 5.91 Å². The van der Waals surface area contributed by atoms with Crippen molar-refractivity contribution in [1.82, 2.24) is 5.32 Å². The van der Waals surface area contributed by atoms with Crippen LogP contribution in [-0.2, 0) is 0 Å². The van der Waals surface area contributed by atoms with E-state index in [0.29, 0.717) is 0 Å². The number of hydrogen-bond donors (Lipinski definition) is 2. The predicted molar refractivity (Wildman–Crippen MR) is 59.8 cm³/mol. The van der Waals surface area contributed by atoms with E-state index in [1.54, 1.807) is 0 Å². The van der Waals surface area contributed by atoms with Crippen LogP contribution in [0.4, 0.5) is 0 Å². The monoisotopic (exact) mass is 204 g/mol. The van der Waals surface area contributed by atoms with Gasteiger partial charge in [-0.3, -0.25) is 4.79 Å². The molecule has 2 rings (SSSR count). The zero-order valence-electron chi connectivity index (χ0n) is 9.08. The minimum Gasteiger partial charge on any atom is -0.348 e. The highest BCUT2D eigenvalue weighted by Gasteiger charge is 2.35. The predicted octanol–water partition coefficient (Wildman–Crippen LogP) is 1.13. The van der Waals surface area contributed by atoms with E-state index in [1.165, 1.54) is 0 Å². The number of hydrogen-bond acceptors (Lipinski definition) is 2. The topological polar surface area (TPSA) is 55.1 Å². The lowest BCUT2D eigenvalue weighted by molar-refractivity contribution is 0.0949. The standard InChI is InChI=1S/C12H16N2O/c1-7-3-4-8(2)9(5-7)12(15)14-11-6-10(11)13/h3-5,10-11H,6,13H2,1-2H3,(H,14,15). The first-order valence-electron chi connectivity index (χ1n) is 5.21. The van der Waals surface area contributed by atoms with Crippen LogP contribution in [0.3, 0.4) is 0 Å². The molecule has 1 aromatic carbocycles. The molecule has 2 atom stereocenters. The number of carbonyl (C=O) groups excluding carboxylic acids is 1. The first kappa shape index (κ1) is 10.2. The van der Waals surface area contributed by atoms with Crippen LogP contribution in [0.1, 0.15) is 27.9 Å². The van der Waals surface area contributed by atoms with E-state index in [4.69, 9.17) is 5.73 Å². The molecule has 1 amide bonds. The van der Waals surface area contributed by atoms with Crippen LogP contribution >= 0.6 is 0 Å². The molecular formula is C12H16N2O. The second-order valence-corrected chi connectivity index (χ2v) is 4.30. The van der Waals surface area contributed by atoms with Gasteiger partial charge in [0.2, 0.25) is 0 Å². The van der Waals surface area contributed by atoms with E-state index in [9.17, 15) is 4.79 Å². The van der Waals surface area contributed by atoms with Gasteiger partial charge in [0.1, 0.15) is 0 Å². The molecule has 1 fully saturated rings. The largest absolute Gasteiger partial charge is 0.348 e. The third-order valence-corrected chi connectivity index (χ3v) is 2.79. The average Bonchev–Trinajstić information content (AvgIpc) is 2.86. The minimum absolute atomic E-state index is 0.00542. The molecule has 0 bridgehead atoms. The fourth-order valence-corrected chi connectivity index (χ4v) is 1.61. The van der Waals surface area contributed by atoms with Crippen LogP contribution in [0, 0.1) is 13.8 Å². The molecule has 0 radical (unpaired) electrons. The highest BCUT2D eigenvalue weighted by molar-refractivity contribution is 5.96. The maximum atomic E-state index is 11.8. The number of benzene rings is 1. The van der Waals surface area contributed by atoms with Crippen molar-refractivity contribution in [1.29, 1.82) is 0 Å². The Balaban J connectivity index is 2.14. The van der Waals surface area contributed by atoms with E-state index in [-0.39, 0.29) is 18.0 Å². The zero-order valence-corrected chi connectivity index (χ0v) is 9.08. The summed E-state index contributed by atoms with van der Waals surface area (Å²) in [6.07, 6.45) is 0.899. The molecule has 1 saturated carbocycles. The van der Waals surface area contributed by atoms with Gasteiger partial charge in [-0.05, 0) is 31.9 Å². The number of aryl methyl sites for hydroxylation is 2. The third kappa shape index (κ3) is 2.18. The molecule has 2 unspecified atom stereocenters. The molecule has 0 heterocycles. The second-order valence-electron chi connectivity index (χ2n) is 4.30. The Morgan fingerprint density at radius 2 is 2.13 bits per heavy atom. The molecule has 80 valence electrons. The van der Waals surface area contributed by atoms with E-state index in [0.717, 1.165) is 23.1 Å². The third-order valence-electron chi connectivity index (χ3n) is 2.79. The quantitative estimate of drug-likeness (QED) is 0.758. The highest BCUT2D eigenvalue weighted by Crippen LogP contribution is 2.19. The van der Waals surface area contributed by atoms with Gasteiger partial charge in [0.05, 0.1) is 0 Å². The first-order chi connectivity index (χ1) is 7.08. The number of carbonyl (C=O) groups is 1. The fraction of sp³-hybridized carbons (Fsp3) is 0.417. The van der Waals surface area contributed by atoms with Gasteiger partial charge in [0.15, 0.2) is 0 Å². The molecule has 3 nitrogen and oxygen atoms in total. The normalized spacial score (nSPS) is 23.7. The van der Waals surface area contributed by atoms with Crippen molar-refractivity contribution in [3.8, 4) is 0 Å². The SMILES string of the molecule is Cc1ccc(C)c(C(=O)NC2CC2N)c1. The smallest absolute Gasteiger partial charge is 0.251 e. The van der Waals surface area contributed by atoms with Crippen LogP contribution in [0.2, 0.25) is 0 Å². The fourth-order valence-electron chi connectivity index (χ4n) is 1.61. The first-order valence-corrected chi connectivity index (χ1v) is 5.21. The minimum atomic E-state index is -0.00542. The van der Waals surface area contributed by atoms with Crippen LogP contribution in [-0.4, -0.2) is 18.0 Å². The summed E-state index contributed by atoms with van der Waals surface area (Å²) in [5, 5.41) is 2.92. The maximum Gasteiger partial charge on any atom is 0.251 e. The van der Waals surface area contributed by atoms with Gasteiger partial charge in [0, 0.05) is 17.6 Å². The Bertz CT molecular complexity index is 401. The van der Waals surface area contributed by atoms with Crippen molar-refractivity contribution in [2.75, 3.05) is 0 Å². The molecule has 0 spiro atoms. The Kier molecular flexibility index (Phi) is 2.49. The number of nitrogens with one attached hydrogen (secondary N) is 1. The Morgan fingerprint density at radius 1 is 1.47 bits per heavy atom. The lowest BCUT2D eigenvalue weighted by Crippen LogP contribution is -2.30. The van der Waals surface area contributed by atoms with E-state index < -0.39 is 0 Å². The van der Waals surface area contributed by atoms with Gasteiger partial charge >= 0.3 is 0 Å². The molecule has 3 N–H and O–H groups in total. The van der Waals surface area contributed by atoms with Gasteiger partial charge in [-0.2, -0.15) is 0 Å². The van der Waals surface area contributed by atoms with Crippen molar-refractivity contribution >= 4 is 5.91 Å². The molecule has 3 heteroatoms. The van der Waals surface area contributed by atoms with E-state index >= 15 is 0 Å². The summed E-state index contributed by atoms with van der Waals surface area (Å²) in [7, 11) is 0. The van der Waals surface area contributed by atoms with Crippen LogP contribution in [0.25, 0.3) is 0 Å². The van der Waals surface area contributed by atoms with Gasteiger partial charge in [-0.25, -0.2) is 0 Å². The summed E-state index contributed by atoms with van der Waals surface area (Å²) in [4.78, 5) is 11.8. The molecule has 0 saturated heterocycles. The van der Waals surface area contributed by atoms with Gasteiger partial charge in [-0.15, -0.1) is 0 Å². The van der Waals surface area contributed by atoms with Crippen LogP contribution in [0.15, 0.2) is 18.2 Å². The van der Waals surface area contributed by atoms with Crippen molar-refractivity contribution < 1.29 is 4.79 Å². The lowest BCUT2D eigenvalue weighted by atomic mass is 10.1. The second kappa shape index (κ2) is 3.66. The Hall–Kier alpha value is -1.35. The summed E-state index contributed by atoms with van der Waals surface area (Å²) in [5.74, 6) is -0.00542. The van der Waals surface area contributed by atoms with Crippen molar-refractivity contribution in [3.63, 3.8) is 0 Å². The molecule has 1 aliphatic carbocycles. The van der Waals surface area contributed by atoms with Crippen molar-refractivity contribution in [3.05, 3.63) is 34.9 Å². The molecule has 0 aromatic heterocycles. The number of rotatable bonds is 2. The van der Waals surface area contributed by atoms with Gasteiger partial charge in [-0.1, -0.05) is 17.7 Å². The summed E-state index contributed by atoms with van der Waals surface area (Å²) in [6, 6.07) is 6.22. The number of amides is 1. The Morgan fingerprint density at radius 3 is 2.73 bits per heavy atom. The molecular weight excluding hydrogens is 188 g/mol. The highest BCUT2D eigenvalue weighted by atomic mass is 16.1. The summed E-state index contributed by atoms with van der Waals surface area (Å²) < 4.78 is 0. The summed E-state index contributed by atoms with van der Waals surface area (Å²) >= 11 is 0. The number of nitrogens with two attached hydrogens (primary N) is 1.